The van der Waals surface area contributed by atoms with Gasteiger partial charge >= 0.3 is 6.03 Å². The maximum Gasteiger partial charge on any atom is 0.323 e. The van der Waals surface area contributed by atoms with Gasteiger partial charge in [-0.1, -0.05) is 0 Å². The minimum absolute atomic E-state index is 0.449. The molecule has 0 spiro atoms. The SMILES string of the molecule is NC(=O)N1C=CN2C=COCC2=C1. The maximum absolute atomic E-state index is 10.8. The van der Waals surface area contributed by atoms with Gasteiger partial charge in [-0.2, -0.15) is 0 Å². The summed E-state index contributed by atoms with van der Waals surface area (Å²) in [4.78, 5) is 14.0. The number of amides is 2. The summed E-state index contributed by atoms with van der Waals surface area (Å²) in [6, 6.07) is -0.502. The standard InChI is InChI=1S/C8H9N3O2/c9-8(12)11-2-1-10-3-4-13-6-7(10)5-11/h1-5H,6H2,(H2,9,12). The van der Waals surface area contributed by atoms with Crippen LogP contribution in [0.3, 0.4) is 0 Å². The van der Waals surface area contributed by atoms with E-state index in [4.69, 9.17) is 10.5 Å². The molecule has 0 saturated carbocycles. The van der Waals surface area contributed by atoms with Crippen LogP contribution in [0.5, 0.6) is 0 Å². The molecule has 0 unspecified atom stereocenters. The van der Waals surface area contributed by atoms with Crippen LogP contribution >= 0.6 is 0 Å². The van der Waals surface area contributed by atoms with Gasteiger partial charge in [0.2, 0.25) is 0 Å². The van der Waals surface area contributed by atoms with E-state index in [9.17, 15) is 4.79 Å². The summed E-state index contributed by atoms with van der Waals surface area (Å²) in [7, 11) is 0. The molecule has 0 fully saturated rings. The molecule has 2 amide bonds. The van der Waals surface area contributed by atoms with Crippen molar-refractivity contribution in [3.05, 3.63) is 36.8 Å². The Bertz CT molecular complexity index is 319. The predicted octanol–water partition coefficient (Wildman–Crippen LogP) is 0.497. The summed E-state index contributed by atoms with van der Waals surface area (Å²) in [6.45, 7) is 0.449. The molecule has 5 heteroatoms. The number of primary amides is 1. The summed E-state index contributed by atoms with van der Waals surface area (Å²) in [5.74, 6) is 0. The lowest BCUT2D eigenvalue weighted by Gasteiger charge is -2.28. The zero-order chi connectivity index (χ0) is 9.26. The predicted molar refractivity (Wildman–Crippen MR) is 45.6 cm³/mol. The molecule has 0 aromatic rings. The lowest BCUT2D eigenvalue weighted by Crippen LogP contribution is -2.32. The molecule has 2 N–H and O–H groups in total. The largest absolute Gasteiger partial charge is 0.493 e. The average Bonchev–Trinajstić information content (AvgIpc) is 2.17. The highest BCUT2D eigenvalue weighted by molar-refractivity contribution is 5.74. The number of nitrogens with zero attached hydrogens (tertiary/aromatic N) is 2. The van der Waals surface area contributed by atoms with Gasteiger partial charge in [-0.15, -0.1) is 0 Å². The van der Waals surface area contributed by atoms with Crippen molar-refractivity contribution in [2.75, 3.05) is 6.61 Å². The van der Waals surface area contributed by atoms with Crippen molar-refractivity contribution in [2.45, 2.75) is 0 Å². The number of hydrogen-bond acceptors (Lipinski definition) is 3. The smallest absolute Gasteiger partial charge is 0.323 e. The maximum atomic E-state index is 10.8. The monoisotopic (exact) mass is 179 g/mol. The van der Waals surface area contributed by atoms with Gasteiger partial charge in [0.1, 0.15) is 12.9 Å². The molecule has 0 saturated heterocycles. The van der Waals surface area contributed by atoms with Gasteiger partial charge in [0.15, 0.2) is 0 Å². The van der Waals surface area contributed by atoms with Crippen molar-refractivity contribution in [1.29, 1.82) is 0 Å². The number of carbonyl (C=O) groups excluding carboxylic acids is 1. The van der Waals surface area contributed by atoms with E-state index in [1.807, 2.05) is 4.90 Å². The second-order valence-electron chi connectivity index (χ2n) is 2.67. The van der Waals surface area contributed by atoms with Gasteiger partial charge in [0.05, 0.1) is 5.70 Å². The van der Waals surface area contributed by atoms with E-state index in [1.54, 1.807) is 31.1 Å². The molecule has 2 aliphatic heterocycles. The molecule has 13 heavy (non-hydrogen) atoms. The molecule has 68 valence electrons. The average molecular weight is 179 g/mol. The van der Waals surface area contributed by atoms with Crippen molar-refractivity contribution in [3.8, 4) is 0 Å². The normalized spacial score (nSPS) is 19.2. The van der Waals surface area contributed by atoms with E-state index in [1.165, 1.54) is 4.90 Å². The highest BCUT2D eigenvalue weighted by Gasteiger charge is 2.16. The van der Waals surface area contributed by atoms with Crippen LogP contribution in [0.25, 0.3) is 0 Å². The number of ether oxygens (including phenoxy) is 1. The van der Waals surface area contributed by atoms with Crippen molar-refractivity contribution >= 4 is 6.03 Å². The number of carbonyl (C=O) groups is 1. The minimum Gasteiger partial charge on any atom is -0.493 e. The summed E-state index contributed by atoms with van der Waals surface area (Å²) in [5, 5.41) is 0. The molecule has 2 aliphatic rings. The molecule has 0 aromatic heterocycles. The van der Waals surface area contributed by atoms with Crippen molar-refractivity contribution in [1.82, 2.24) is 9.80 Å². The second-order valence-corrected chi connectivity index (χ2v) is 2.67. The molecule has 0 bridgehead atoms. The van der Waals surface area contributed by atoms with Gasteiger partial charge in [0, 0.05) is 24.8 Å². The Morgan fingerprint density at radius 3 is 3.08 bits per heavy atom. The van der Waals surface area contributed by atoms with Crippen LogP contribution in [0.2, 0.25) is 0 Å². The van der Waals surface area contributed by atoms with Crippen LogP contribution in [0, 0.1) is 0 Å². The van der Waals surface area contributed by atoms with Crippen molar-refractivity contribution in [2.24, 2.45) is 5.73 Å². The minimum atomic E-state index is -0.502. The third-order valence-corrected chi connectivity index (χ3v) is 1.81. The highest BCUT2D eigenvalue weighted by Crippen LogP contribution is 2.17. The Kier molecular flexibility index (Phi) is 1.70. The molecule has 2 heterocycles. The second kappa shape index (κ2) is 2.85. The Morgan fingerprint density at radius 1 is 1.46 bits per heavy atom. The number of fused-ring (bicyclic) bond motifs is 1. The Hall–Kier alpha value is -1.91. The fourth-order valence-corrected chi connectivity index (χ4v) is 1.15. The molecular formula is C8H9N3O2. The summed E-state index contributed by atoms with van der Waals surface area (Å²) in [5.41, 5.74) is 5.98. The van der Waals surface area contributed by atoms with E-state index < -0.39 is 6.03 Å². The molecule has 0 aliphatic carbocycles. The fraction of sp³-hybridized carbons (Fsp3) is 0.125. The molecule has 2 rings (SSSR count). The van der Waals surface area contributed by atoms with E-state index in [0.29, 0.717) is 6.61 Å². The number of hydrogen-bond donors (Lipinski definition) is 1. The number of urea groups is 1. The van der Waals surface area contributed by atoms with Crippen LogP contribution in [0.4, 0.5) is 4.79 Å². The molecule has 0 aromatic carbocycles. The summed E-state index contributed by atoms with van der Waals surface area (Å²) >= 11 is 0. The Balaban J connectivity index is 2.23. The Morgan fingerprint density at radius 2 is 2.31 bits per heavy atom. The van der Waals surface area contributed by atoms with Crippen molar-refractivity contribution in [3.63, 3.8) is 0 Å². The van der Waals surface area contributed by atoms with Crippen molar-refractivity contribution < 1.29 is 9.53 Å². The number of rotatable bonds is 0. The number of nitrogens with two attached hydrogens (primary N) is 1. The highest BCUT2D eigenvalue weighted by atomic mass is 16.5. The zero-order valence-corrected chi connectivity index (χ0v) is 6.88. The first-order valence-electron chi connectivity index (χ1n) is 3.81. The van der Waals surface area contributed by atoms with E-state index in [2.05, 4.69) is 0 Å². The van der Waals surface area contributed by atoms with Crippen LogP contribution < -0.4 is 5.73 Å². The molecule has 0 radical (unpaired) electrons. The lowest BCUT2D eigenvalue weighted by atomic mass is 10.3. The molecule has 5 nitrogen and oxygen atoms in total. The van der Waals surface area contributed by atoms with Gasteiger partial charge in [0.25, 0.3) is 0 Å². The van der Waals surface area contributed by atoms with Crippen LogP contribution in [-0.2, 0) is 4.74 Å². The molecule has 0 atom stereocenters. The van der Waals surface area contributed by atoms with Gasteiger partial charge < -0.3 is 15.4 Å². The van der Waals surface area contributed by atoms with Gasteiger partial charge in [-0.05, 0) is 0 Å². The third-order valence-electron chi connectivity index (χ3n) is 1.81. The van der Waals surface area contributed by atoms with Gasteiger partial charge in [-0.25, -0.2) is 4.79 Å². The third kappa shape index (κ3) is 1.35. The molecular weight excluding hydrogens is 170 g/mol. The summed E-state index contributed by atoms with van der Waals surface area (Å²) < 4.78 is 5.06. The van der Waals surface area contributed by atoms with E-state index >= 15 is 0 Å². The topological polar surface area (TPSA) is 58.8 Å². The quantitative estimate of drug-likeness (QED) is 0.589. The van der Waals surface area contributed by atoms with Crippen LogP contribution in [0.15, 0.2) is 36.8 Å². The van der Waals surface area contributed by atoms with Crippen LogP contribution in [0.1, 0.15) is 0 Å². The zero-order valence-electron chi connectivity index (χ0n) is 6.88. The lowest BCUT2D eigenvalue weighted by molar-refractivity contribution is 0.218. The first-order valence-corrected chi connectivity index (χ1v) is 3.81. The van der Waals surface area contributed by atoms with E-state index in [-0.39, 0.29) is 0 Å². The van der Waals surface area contributed by atoms with Gasteiger partial charge in [-0.3, -0.25) is 4.90 Å². The fourth-order valence-electron chi connectivity index (χ4n) is 1.15. The Labute approximate surface area is 75.3 Å². The van der Waals surface area contributed by atoms with E-state index in [0.717, 1.165) is 5.70 Å². The first-order chi connectivity index (χ1) is 6.27. The van der Waals surface area contributed by atoms with Crippen LogP contribution in [-0.4, -0.2) is 22.4 Å². The summed E-state index contributed by atoms with van der Waals surface area (Å²) in [6.07, 6.45) is 8.36. The first kappa shape index (κ1) is 7.72.